The zero-order chi connectivity index (χ0) is 20.3. The van der Waals surface area contributed by atoms with Crippen molar-refractivity contribution in [1.29, 1.82) is 0 Å². The van der Waals surface area contributed by atoms with Crippen LogP contribution >= 0.6 is 0 Å². The molecule has 6 nitrogen and oxygen atoms in total. The maximum absolute atomic E-state index is 12.6. The van der Waals surface area contributed by atoms with Crippen LogP contribution in [0.15, 0.2) is 53.3 Å². The highest BCUT2D eigenvalue weighted by Gasteiger charge is 2.16. The summed E-state index contributed by atoms with van der Waals surface area (Å²) in [4.78, 5) is 26.3. The van der Waals surface area contributed by atoms with Crippen LogP contribution in [0, 0.1) is 0 Å². The molecule has 28 heavy (non-hydrogen) atoms. The molecule has 3 rings (SSSR count). The second-order valence-electron chi connectivity index (χ2n) is 6.37. The Labute approximate surface area is 160 Å². The van der Waals surface area contributed by atoms with Gasteiger partial charge in [-0.25, -0.2) is 4.68 Å². The van der Waals surface area contributed by atoms with E-state index in [9.17, 15) is 18.4 Å². The molecule has 1 amide bonds. The second kappa shape index (κ2) is 8.16. The van der Waals surface area contributed by atoms with Crippen LogP contribution in [0.25, 0.3) is 10.8 Å². The van der Waals surface area contributed by atoms with Crippen molar-refractivity contribution in [1.82, 2.24) is 14.7 Å². The highest BCUT2D eigenvalue weighted by atomic mass is 19.3. The monoisotopic (exact) mass is 387 g/mol. The lowest BCUT2D eigenvalue weighted by atomic mass is 10.1. The van der Waals surface area contributed by atoms with Crippen molar-refractivity contribution in [3.63, 3.8) is 0 Å². The first kappa shape index (κ1) is 19.5. The van der Waals surface area contributed by atoms with E-state index in [1.807, 2.05) is 0 Å². The van der Waals surface area contributed by atoms with Crippen LogP contribution in [0.2, 0.25) is 0 Å². The number of alkyl halides is 2. The van der Waals surface area contributed by atoms with Gasteiger partial charge in [-0.1, -0.05) is 30.3 Å². The van der Waals surface area contributed by atoms with Gasteiger partial charge in [0.15, 0.2) is 0 Å². The fourth-order valence-corrected chi connectivity index (χ4v) is 2.92. The number of likely N-dealkylation sites (N-methyl/N-ethyl adjacent to an activating group) is 1. The average Bonchev–Trinajstić information content (AvgIpc) is 2.67. The summed E-state index contributed by atoms with van der Waals surface area (Å²) in [6.45, 7) is -2.57. The number of amides is 1. The predicted molar refractivity (Wildman–Crippen MR) is 100 cm³/mol. The number of hydrogen-bond donors (Lipinski definition) is 0. The van der Waals surface area contributed by atoms with E-state index in [-0.39, 0.29) is 23.6 Å². The number of hydrogen-bond acceptors (Lipinski definition) is 4. The van der Waals surface area contributed by atoms with Crippen molar-refractivity contribution >= 4 is 16.7 Å². The minimum Gasteiger partial charge on any atom is -0.435 e. The summed E-state index contributed by atoms with van der Waals surface area (Å²) in [5.74, 6) is -0.113. The van der Waals surface area contributed by atoms with Gasteiger partial charge in [-0.2, -0.15) is 13.9 Å². The molecule has 0 atom stereocenters. The number of aromatic nitrogens is 2. The van der Waals surface area contributed by atoms with E-state index in [1.165, 1.54) is 21.7 Å². The molecule has 0 aliphatic heterocycles. The number of nitrogens with zero attached hydrogens (tertiary/aromatic N) is 3. The minimum absolute atomic E-state index is 0.0394. The van der Waals surface area contributed by atoms with Gasteiger partial charge < -0.3 is 9.64 Å². The van der Waals surface area contributed by atoms with Crippen molar-refractivity contribution in [3.8, 4) is 5.75 Å². The molecule has 1 heterocycles. The van der Waals surface area contributed by atoms with Gasteiger partial charge >= 0.3 is 6.61 Å². The Bertz CT molecular complexity index is 1050. The SMILES string of the molecule is CN(Cc1ccc(OC(F)F)cc1)C(=O)Cc1nn(C)c(=O)c2ccccc12. The molecule has 0 saturated heterocycles. The quantitative estimate of drug-likeness (QED) is 0.653. The van der Waals surface area contributed by atoms with E-state index in [0.717, 1.165) is 5.56 Å². The van der Waals surface area contributed by atoms with Crippen LogP contribution in [0.3, 0.4) is 0 Å². The Balaban J connectivity index is 1.74. The molecule has 0 N–H and O–H groups in total. The fourth-order valence-electron chi connectivity index (χ4n) is 2.92. The van der Waals surface area contributed by atoms with E-state index in [0.29, 0.717) is 23.0 Å². The van der Waals surface area contributed by atoms with Crippen LogP contribution in [0.1, 0.15) is 11.3 Å². The Morgan fingerprint density at radius 1 is 1.14 bits per heavy atom. The van der Waals surface area contributed by atoms with Crippen LogP contribution in [0.5, 0.6) is 5.75 Å². The Kier molecular flexibility index (Phi) is 5.67. The number of benzene rings is 2. The van der Waals surface area contributed by atoms with E-state index in [2.05, 4.69) is 9.84 Å². The molecular formula is C20H19F2N3O3. The van der Waals surface area contributed by atoms with E-state index in [4.69, 9.17) is 0 Å². The molecule has 2 aromatic carbocycles. The van der Waals surface area contributed by atoms with Gasteiger partial charge in [0.25, 0.3) is 5.56 Å². The molecule has 8 heteroatoms. The molecule has 1 aromatic heterocycles. The van der Waals surface area contributed by atoms with Crippen LogP contribution in [-0.4, -0.2) is 34.2 Å². The summed E-state index contributed by atoms with van der Waals surface area (Å²) in [6, 6.07) is 13.2. The van der Waals surface area contributed by atoms with Gasteiger partial charge in [-0.05, 0) is 23.8 Å². The summed E-state index contributed by atoms with van der Waals surface area (Å²) in [6.07, 6.45) is 0.0394. The minimum atomic E-state index is -2.88. The third-order valence-electron chi connectivity index (χ3n) is 4.35. The number of carbonyl (C=O) groups is 1. The first-order valence-electron chi connectivity index (χ1n) is 8.58. The lowest BCUT2D eigenvalue weighted by Gasteiger charge is -2.18. The molecular weight excluding hydrogens is 368 g/mol. The molecule has 146 valence electrons. The second-order valence-corrected chi connectivity index (χ2v) is 6.37. The Morgan fingerprint density at radius 2 is 1.79 bits per heavy atom. The van der Waals surface area contributed by atoms with E-state index >= 15 is 0 Å². The molecule has 0 fully saturated rings. The summed E-state index contributed by atoms with van der Waals surface area (Å²) in [7, 11) is 3.20. The third kappa shape index (κ3) is 4.33. The topological polar surface area (TPSA) is 64.4 Å². The molecule has 0 saturated carbocycles. The van der Waals surface area contributed by atoms with Gasteiger partial charge in [-0.15, -0.1) is 0 Å². The summed E-state index contributed by atoms with van der Waals surface area (Å²) in [5.41, 5.74) is 1.08. The standard InChI is InChI=1S/C20H19F2N3O3/c1-24(12-13-7-9-14(10-8-13)28-20(21)22)18(26)11-17-15-5-3-4-6-16(15)19(27)25(2)23-17/h3-10,20H,11-12H2,1-2H3. The van der Waals surface area contributed by atoms with Crippen LogP contribution < -0.4 is 10.3 Å². The molecule has 0 radical (unpaired) electrons. The first-order chi connectivity index (χ1) is 13.3. The van der Waals surface area contributed by atoms with Crippen molar-refractivity contribution in [2.24, 2.45) is 7.05 Å². The lowest BCUT2D eigenvalue weighted by molar-refractivity contribution is -0.129. The predicted octanol–water partition coefficient (Wildman–Crippen LogP) is 2.74. The highest BCUT2D eigenvalue weighted by Crippen LogP contribution is 2.17. The Hall–Kier alpha value is -3.29. The van der Waals surface area contributed by atoms with Gasteiger partial charge in [0, 0.05) is 26.0 Å². The zero-order valence-corrected chi connectivity index (χ0v) is 15.4. The normalized spacial score (nSPS) is 11.0. The fraction of sp³-hybridized carbons (Fsp3) is 0.250. The number of aryl methyl sites for hydroxylation is 1. The molecule has 0 spiro atoms. The molecule has 0 aliphatic rings. The van der Waals surface area contributed by atoms with Crippen molar-refractivity contribution in [2.75, 3.05) is 7.05 Å². The van der Waals surface area contributed by atoms with Crippen molar-refractivity contribution in [3.05, 3.63) is 70.1 Å². The van der Waals surface area contributed by atoms with E-state index < -0.39 is 6.61 Å². The average molecular weight is 387 g/mol. The lowest BCUT2D eigenvalue weighted by Crippen LogP contribution is -2.29. The highest BCUT2D eigenvalue weighted by molar-refractivity contribution is 5.88. The maximum atomic E-state index is 12.6. The van der Waals surface area contributed by atoms with Crippen molar-refractivity contribution < 1.29 is 18.3 Å². The smallest absolute Gasteiger partial charge is 0.387 e. The summed E-state index contributed by atoms with van der Waals surface area (Å²) < 4.78 is 30.0. The van der Waals surface area contributed by atoms with Crippen molar-refractivity contribution in [2.45, 2.75) is 19.6 Å². The number of fused-ring (bicyclic) bond motifs is 1. The molecule has 0 aliphatic carbocycles. The van der Waals surface area contributed by atoms with Gasteiger partial charge in [-0.3, -0.25) is 9.59 Å². The third-order valence-corrected chi connectivity index (χ3v) is 4.35. The number of carbonyl (C=O) groups excluding carboxylic acids is 1. The van der Waals surface area contributed by atoms with Gasteiger partial charge in [0.2, 0.25) is 5.91 Å². The van der Waals surface area contributed by atoms with Gasteiger partial charge in [0.1, 0.15) is 5.75 Å². The van der Waals surface area contributed by atoms with Gasteiger partial charge in [0.05, 0.1) is 17.5 Å². The summed E-state index contributed by atoms with van der Waals surface area (Å²) in [5, 5.41) is 5.41. The zero-order valence-electron chi connectivity index (χ0n) is 15.4. The molecule has 0 unspecified atom stereocenters. The molecule has 0 bridgehead atoms. The number of rotatable bonds is 6. The van der Waals surface area contributed by atoms with Crippen LogP contribution in [-0.2, 0) is 24.8 Å². The largest absolute Gasteiger partial charge is 0.435 e. The summed E-state index contributed by atoms with van der Waals surface area (Å²) >= 11 is 0. The molecule has 3 aromatic rings. The number of halogens is 2. The number of ether oxygens (including phenoxy) is 1. The first-order valence-corrected chi connectivity index (χ1v) is 8.58. The Morgan fingerprint density at radius 3 is 2.43 bits per heavy atom. The maximum Gasteiger partial charge on any atom is 0.387 e. The van der Waals surface area contributed by atoms with Crippen LogP contribution in [0.4, 0.5) is 8.78 Å². The van der Waals surface area contributed by atoms with E-state index in [1.54, 1.807) is 50.5 Å².